The first-order valence-corrected chi connectivity index (χ1v) is 12.7. The maximum atomic E-state index is 12.7. The zero-order chi connectivity index (χ0) is 24.0. The number of carbonyl (C=O) groups is 2. The van der Waals surface area contributed by atoms with Crippen molar-refractivity contribution in [3.05, 3.63) is 42.5 Å². The summed E-state index contributed by atoms with van der Waals surface area (Å²) in [6, 6.07) is 11.1. The van der Waals surface area contributed by atoms with Crippen molar-refractivity contribution < 1.29 is 27.5 Å². The van der Waals surface area contributed by atoms with E-state index in [4.69, 9.17) is 9.47 Å². The second-order valence-electron chi connectivity index (χ2n) is 8.02. The second-order valence-corrected chi connectivity index (χ2v) is 9.79. The number of likely N-dealkylation sites (tertiary alicyclic amines) is 1. The summed E-state index contributed by atoms with van der Waals surface area (Å²) in [4.78, 5) is 26.6. The predicted octanol–water partition coefficient (Wildman–Crippen LogP) is 2.78. The molecular formula is C23H28N4O6S. The average molecular weight is 489 g/mol. The Morgan fingerprint density at radius 2 is 1.56 bits per heavy atom. The first-order valence-electron chi connectivity index (χ1n) is 11.3. The van der Waals surface area contributed by atoms with Crippen molar-refractivity contribution in [2.24, 2.45) is 0 Å². The SMILES string of the molecule is O=C(CCNS(=O)(=O)c1ccc2c(c1)OCCCO2)Nc1ccccc1NC(=O)N1CCCC1. The van der Waals surface area contributed by atoms with Crippen molar-refractivity contribution in [2.75, 3.05) is 43.5 Å². The van der Waals surface area contributed by atoms with Crippen LogP contribution in [0.2, 0.25) is 0 Å². The lowest BCUT2D eigenvalue weighted by Crippen LogP contribution is -2.32. The number of nitrogens with zero attached hydrogens (tertiary/aromatic N) is 1. The van der Waals surface area contributed by atoms with Crippen molar-refractivity contribution in [1.29, 1.82) is 0 Å². The van der Waals surface area contributed by atoms with Gasteiger partial charge in [-0.2, -0.15) is 0 Å². The fourth-order valence-electron chi connectivity index (χ4n) is 3.72. The molecule has 0 atom stereocenters. The van der Waals surface area contributed by atoms with E-state index in [2.05, 4.69) is 15.4 Å². The molecule has 34 heavy (non-hydrogen) atoms. The van der Waals surface area contributed by atoms with E-state index in [9.17, 15) is 18.0 Å². The van der Waals surface area contributed by atoms with E-state index in [0.29, 0.717) is 49.2 Å². The average Bonchev–Trinajstić information content (AvgIpc) is 3.26. The van der Waals surface area contributed by atoms with Gasteiger partial charge in [-0.3, -0.25) is 4.79 Å². The third-order valence-electron chi connectivity index (χ3n) is 5.51. The molecule has 11 heteroatoms. The molecule has 4 rings (SSSR count). The summed E-state index contributed by atoms with van der Waals surface area (Å²) in [5, 5.41) is 5.56. The van der Waals surface area contributed by atoms with Crippen LogP contribution in [0.15, 0.2) is 47.4 Å². The van der Waals surface area contributed by atoms with Crippen LogP contribution in [-0.4, -0.2) is 58.1 Å². The number of nitrogens with one attached hydrogen (secondary N) is 3. The van der Waals surface area contributed by atoms with Gasteiger partial charge in [0.1, 0.15) is 0 Å². The Morgan fingerprint density at radius 1 is 0.882 bits per heavy atom. The van der Waals surface area contributed by atoms with Crippen molar-refractivity contribution in [2.45, 2.75) is 30.6 Å². The molecule has 2 aliphatic rings. The van der Waals surface area contributed by atoms with Gasteiger partial charge in [0.2, 0.25) is 15.9 Å². The van der Waals surface area contributed by atoms with Gasteiger partial charge in [0, 0.05) is 38.5 Å². The fraction of sp³-hybridized carbons (Fsp3) is 0.391. The molecule has 3 N–H and O–H groups in total. The zero-order valence-corrected chi connectivity index (χ0v) is 19.5. The molecule has 2 aliphatic heterocycles. The summed E-state index contributed by atoms with van der Waals surface area (Å²) >= 11 is 0. The van der Waals surface area contributed by atoms with Gasteiger partial charge in [-0.1, -0.05) is 12.1 Å². The molecule has 2 heterocycles. The van der Waals surface area contributed by atoms with Crippen molar-refractivity contribution in [1.82, 2.24) is 9.62 Å². The Kier molecular flexibility index (Phi) is 7.53. The number of fused-ring (bicyclic) bond motifs is 1. The molecule has 10 nitrogen and oxygen atoms in total. The number of carbonyl (C=O) groups excluding carboxylic acids is 2. The van der Waals surface area contributed by atoms with Gasteiger partial charge < -0.3 is 25.0 Å². The van der Waals surface area contributed by atoms with Crippen molar-refractivity contribution >= 4 is 33.3 Å². The Balaban J connectivity index is 1.31. The smallest absolute Gasteiger partial charge is 0.321 e. The Morgan fingerprint density at radius 3 is 2.29 bits per heavy atom. The topological polar surface area (TPSA) is 126 Å². The van der Waals surface area contributed by atoms with Crippen LogP contribution < -0.4 is 24.8 Å². The monoisotopic (exact) mass is 488 g/mol. The van der Waals surface area contributed by atoms with Crippen LogP contribution >= 0.6 is 0 Å². The first-order chi connectivity index (χ1) is 16.4. The van der Waals surface area contributed by atoms with Crippen LogP contribution in [0, 0.1) is 0 Å². The zero-order valence-electron chi connectivity index (χ0n) is 18.7. The largest absolute Gasteiger partial charge is 0.490 e. The number of benzene rings is 2. The molecule has 1 fully saturated rings. The van der Waals surface area contributed by atoms with Gasteiger partial charge >= 0.3 is 6.03 Å². The summed E-state index contributed by atoms with van der Waals surface area (Å²) in [7, 11) is -3.84. The quantitative estimate of drug-likeness (QED) is 0.550. The molecule has 2 aromatic rings. The van der Waals surface area contributed by atoms with E-state index in [1.54, 1.807) is 35.2 Å². The number of sulfonamides is 1. The van der Waals surface area contributed by atoms with Gasteiger partial charge in [-0.25, -0.2) is 17.9 Å². The summed E-state index contributed by atoms with van der Waals surface area (Å²) in [5.74, 6) is 0.501. The minimum absolute atomic E-state index is 0.0344. The lowest BCUT2D eigenvalue weighted by atomic mass is 10.2. The van der Waals surface area contributed by atoms with Crippen LogP contribution in [0.25, 0.3) is 0 Å². The number of rotatable bonds is 7. The molecule has 182 valence electrons. The number of amides is 3. The maximum Gasteiger partial charge on any atom is 0.321 e. The third kappa shape index (κ3) is 5.97. The van der Waals surface area contributed by atoms with Crippen LogP contribution in [0.3, 0.4) is 0 Å². The molecule has 0 saturated carbocycles. The van der Waals surface area contributed by atoms with Crippen LogP contribution in [0.4, 0.5) is 16.2 Å². The van der Waals surface area contributed by atoms with Crippen LogP contribution in [-0.2, 0) is 14.8 Å². The Labute approximate surface area is 198 Å². The highest BCUT2D eigenvalue weighted by atomic mass is 32.2. The molecule has 0 unspecified atom stereocenters. The van der Waals surface area contributed by atoms with E-state index in [-0.39, 0.29) is 29.8 Å². The lowest BCUT2D eigenvalue weighted by molar-refractivity contribution is -0.116. The van der Waals surface area contributed by atoms with Crippen molar-refractivity contribution in [3.8, 4) is 11.5 Å². The van der Waals surface area contributed by atoms with Gasteiger partial charge in [0.15, 0.2) is 11.5 Å². The van der Waals surface area contributed by atoms with E-state index >= 15 is 0 Å². The summed E-state index contributed by atoms with van der Waals surface area (Å²) in [5.41, 5.74) is 0.936. The molecule has 2 aromatic carbocycles. The number of ether oxygens (including phenoxy) is 2. The lowest BCUT2D eigenvalue weighted by Gasteiger charge is -2.18. The predicted molar refractivity (Wildman–Crippen MR) is 127 cm³/mol. The van der Waals surface area contributed by atoms with E-state index in [1.807, 2.05) is 0 Å². The molecule has 3 amide bonds. The van der Waals surface area contributed by atoms with Crippen molar-refractivity contribution in [3.63, 3.8) is 0 Å². The number of hydrogen-bond acceptors (Lipinski definition) is 6. The highest BCUT2D eigenvalue weighted by Crippen LogP contribution is 2.31. The molecule has 0 bridgehead atoms. The minimum Gasteiger partial charge on any atom is -0.490 e. The summed E-state index contributed by atoms with van der Waals surface area (Å²) in [6.07, 6.45) is 2.59. The number of hydrogen-bond donors (Lipinski definition) is 3. The highest BCUT2D eigenvalue weighted by Gasteiger charge is 2.20. The summed E-state index contributed by atoms with van der Waals surface area (Å²) < 4.78 is 38.8. The molecule has 0 aromatic heterocycles. The van der Waals surface area contributed by atoms with Gasteiger partial charge in [-0.05, 0) is 37.1 Å². The molecule has 0 spiro atoms. The highest BCUT2D eigenvalue weighted by molar-refractivity contribution is 7.89. The molecule has 1 saturated heterocycles. The normalized spacial score (nSPS) is 15.5. The summed E-state index contributed by atoms with van der Waals surface area (Å²) in [6.45, 7) is 2.29. The van der Waals surface area contributed by atoms with E-state index < -0.39 is 10.0 Å². The molecular weight excluding hydrogens is 460 g/mol. The number of urea groups is 1. The Bertz CT molecular complexity index is 1150. The molecule has 0 aliphatic carbocycles. The fourth-order valence-corrected chi connectivity index (χ4v) is 4.77. The first kappa shape index (κ1) is 23.8. The Hall–Kier alpha value is -3.31. The van der Waals surface area contributed by atoms with E-state index in [1.165, 1.54) is 12.1 Å². The maximum absolute atomic E-state index is 12.7. The van der Waals surface area contributed by atoms with Crippen LogP contribution in [0.1, 0.15) is 25.7 Å². The van der Waals surface area contributed by atoms with Gasteiger partial charge in [0.05, 0.1) is 29.5 Å². The van der Waals surface area contributed by atoms with Gasteiger partial charge in [0.25, 0.3) is 0 Å². The van der Waals surface area contributed by atoms with Crippen LogP contribution in [0.5, 0.6) is 11.5 Å². The minimum atomic E-state index is -3.84. The van der Waals surface area contributed by atoms with Gasteiger partial charge in [-0.15, -0.1) is 0 Å². The number of para-hydroxylation sites is 2. The standard InChI is InChI=1S/C23H28N4O6S/c28-22(25-18-6-1-2-7-19(18)26-23(29)27-12-3-4-13-27)10-11-24-34(30,31)17-8-9-20-21(16-17)33-15-5-14-32-20/h1-2,6-9,16,24H,3-5,10-15H2,(H,25,28)(H,26,29). The van der Waals surface area contributed by atoms with E-state index in [0.717, 1.165) is 19.3 Å². The second kappa shape index (κ2) is 10.7. The third-order valence-corrected chi connectivity index (χ3v) is 6.97. The molecule has 0 radical (unpaired) electrons. The number of anilines is 2.